The van der Waals surface area contributed by atoms with Crippen LogP contribution in [0.25, 0.3) is 0 Å². The van der Waals surface area contributed by atoms with Crippen molar-refractivity contribution in [2.45, 2.75) is 29.7 Å². The van der Waals surface area contributed by atoms with Gasteiger partial charge in [0.25, 0.3) is 0 Å². The van der Waals surface area contributed by atoms with Gasteiger partial charge in [-0.05, 0) is 37.1 Å². The van der Waals surface area contributed by atoms with Gasteiger partial charge in [0.05, 0.1) is 23.0 Å². The second-order valence-electron chi connectivity index (χ2n) is 8.11. The van der Waals surface area contributed by atoms with Crippen LogP contribution in [0.5, 0.6) is 0 Å². The van der Waals surface area contributed by atoms with Crippen LogP contribution in [0.4, 0.5) is 18.9 Å². The van der Waals surface area contributed by atoms with Crippen LogP contribution in [-0.2, 0) is 22.2 Å². The number of carbonyl (C=O) groups excluding carboxylic acids is 2. The molecule has 0 saturated carbocycles. The van der Waals surface area contributed by atoms with E-state index in [2.05, 4.69) is 23.5 Å². The maximum absolute atomic E-state index is 13.1. The van der Waals surface area contributed by atoms with E-state index < -0.39 is 17.6 Å². The highest BCUT2D eigenvalue weighted by Crippen LogP contribution is 2.38. The molecule has 170 valence electrons. The van der Waals surface area contributed by atoms with Crippen molar-refractivity contribution in [3.8, 4) is 0 Å². The summed E-state index contributed by atoms with van der Waals surface area (Å²) in [5.41, 5.74) is 1.27. The number of anilines is 1. The topological polar surface area (TPSA) is 52.7 Å². The van der Waals surface area contributed by atoms with E-state index in [-0.39, 0.29) is 23.4 Å². The Morgan fingerprint density at radius 3 is 2.53 bits per heavy atom. The predicted molar refractivity (Wildman–Crippen MR) is 118 cm³/mol. The number of nitrogens with zero attached hydrogens (tertiary/aromatic N) is 2. The number of hydrogen-bond acceptors (Lipinski definition) is 4. The normalized spacial score (nSPS) is 19.0. The average Bonchev–Trinajstić information content (AvgIpc) is 3.16. The Bertz CT molecular complexity index is 1020. The molecular formula is C23H24F3N3O2S. The van der Waals surface area contributed by atoms with E-state index in [4.69, 9.17) is 0 Å². The molecule has 0 spiro atoms. The number of rotatable bonds is 4. The molecule has 1 fully saturated rings. The van der Waals surface area contributed by atoms with E-state index in [1.807, 2.05) is 16.7 Å². The number of fused-ring (bicyclic) bond motifs is 1. The maximum Gasteiger partial charge on any atom is 0.418 e. The van der Waals surface area contributed by atoms with Gasteiger partial charge < -0.3 is 10.2 Å². The molecule has 32 heavy (non-hydrogen) atoms. The van der Waals surface area contributed by atoms with Gasteiger partial charge in [0.2, 0.25) is 11.8 Å². The fourth-order valence-electron chi connectivity index (χ4n) is 4.03. The summed E-state index contributed by atoms with van der Waals surface area (Å²) in [4.78, 5) is 30.1. The van der Waals surface area contributed by atoms with Crippen molar-refractivity contribution in [1.82, 2.24) is 9.80 Å². The Balaban J connectivity index is 1.27. The number of halogens is 3. The first-order valence-electron chi connectivity index (χ1n) is 10.4. The number of amides is 2. The van der Waals surface area contributed by atoms with Gasteiger partial charge in [-0.3, -0.25) is 14.5 Å². The number of benzene rings is 2. The third-order valence-corrected chi connectivity index (χ3v) is 7.02. The number of para-hydroxylation sites is 1. The van der Waals surface area contributed by atoms with Gasteiger partial charge in [-0.15, -0.1) is 11.8 Å². The van der Waals surface area contributed by atoms with Crippen molar-refractivity contribution >= 4 is 29.3 Å². The van der Waals surface area contributed by atoms with Crippen molar-refractivity contribution in [2.75, 3.05) is 38.0 Å². The molecule has 1 saturated heterocycles. The molecule has 1 N–H and O–H groups in total. The summed E-state index contributed by atoms with van der Waals surface area (Å²) in [6, 6.07) is 11.2. The summed E-state index contributed by atoms with van der Waals surface area (Å²) in [5, 5.41) is 2.25. The molecule has 2 heterocycles. The summed E-state index contributed by atoms with van der Waals surface area (Å²) < 4.78 is 39.3. The number of thioether (sulfide) groups is 1. The molecule has 2 aromatic rings. The standard InChI is InChI=1S/C23H24F3N3O2S/c1-15-6-7-16-13-20(32-19(16)12-15)22(31)29-10-8-28(9-11-29)14-21(30)27-18-5-3-2-4-17(18)23(24,25)26/h2-7,12,20H,8-11,13-14H2,1H3,(H,27,30). The Kier molecular flexibility index (Phi) is 6.48. The van der Waals surface area contributed by atoms with Crippen LogP contribution in [0.3, 0.4) is 0 Å². The second-order valence-corrected chi connectivity index (χ2v) is 9.36. The van der Waals surface area contributed by atoms with E-state index in [1.165, 1.54) is 29.3 Å². The lowest BCUT2D eigenvalue weighted by Gasteiger charge is -2.35. The van der Waals surface area contributed by atoms with Gasteiger partial charge in [-0.25, -0.2) is 0 Å². The Hall–Kier alpha value is -2.52. The minimum atomic E-state index is -4.54. The molecule has 4 rings (SSSR count). The number of aryl methyl sites for hydroxylation is 1. The third-order valence-electron chi connectivity index (χ3n) is 5.73. The number of carbonyl (C=O) groups is 2. The third kappa shape index (κ3) is 5.10. The number of piperazine rings is 1. The second kappa shape index (κ2) is 9.15. The van der Waals surface area contributed by atoms with Crippen molar-refractivity contribution in [3.63, 3.8) is 0 Å². The summed E-state index contributed by atoms with van der Waals surface area (Å²) >= 11 is 1.61. The van der Waals surface area contributed by atoms with Crippen molar-refractivity contribution < 1.29 is 22.8 Å². The molecule has 1 atom stereocenters. The molecule has 0 aromatic heterocycles. The van der Waals surface area contributed by atoms with Crippen molar-refractivity contribution in [1.29, 1.82) is 0 Å². The Morgan fingerprint density at radius 2 is 1.81 bits per heavy atom. The quantitative estimate of drug-likeness (QED) is 0.749. The molecule has 2 amide bonds. The van der Waals surface area contributed by atoms with Crippen LogP contribution >= 0.6 is 11.8 Å². The van der Waals surface area contributed by atoms with Crippen LogP contribution in [-0.4, -0.2) is 59.6 Å². The minimum absolute atomic E-state index is 0.0167. The van der Waals surface area contributed by atoms with Gasteiger partial charge in [0.1, 0.15) is 0 Å². The maximum atomic E-state index is 13.1. The Morgan fingerprint density at radius 1 is 1.09 bits per heavy atom. The van der Waals surface area contributed by atoms with E-state index in [0.29, 0.717) is 26.2 Å². The molecule has 0 bridgehead atoms. The van der Waals surface area contributed by atoms with Crippen LogP contribution < -0.4 is 5.32 Å². The summed E-state index contributed by atoms with van der Waals surface area (Å²) in [7, 11) is 0. The lowest BCUT2D eigenvalue weighted by molar-refractivity contribution is -0.137. The fraction of sp³-hybridized carbons (Fsp3) is 0.391. The van der Waals surface area contributed by atoms with E-state index >= 15 is 0 Å². The SMILES string of the molecule is Cc1ccc2c(c1)SC(C(=O)N1CCN(CC(=O)Nc3ccccc3C(F)(F)F)CC1)C2. The summed E-state index contributed by atoms with van der Waals surface area (Å²) in [6.45, 7) is 4.02. The molecular weight excluding hydrogens is 439 g/mol. The highest BCUT2D eigenvalue weighted by atomic mass is 32.2. The smallest absolute Gasteiger partial charge is 0.339 e. The first-order valence-corrected chi connectivity index (χ1v) is 11.3. The number of hydrogen-bond donors (Lipinski definition) is 1. The first-order chi connectivity index (χ1) is 15.2. The number of nitrogens with one attached hydrogen (secondary N) is 1. The average molecular weight is 464 g/mol. The molecule has 2 aromatic carbocycles. The summed E-state index contributed by atoms with van der Waals surface area (Å²) in [6.07, 6.45) is -3.81. The van der Waals surface area contributed by atoms with Crippen LogP contribution in [0.1, 0.15) is 16.7 Å². The van der Waals surface area contributed by atoms with E-state index in [9.17, 15) is 22.8 Å². The van der Waals surface area contributed by atoms with Gasteiger partial charge in [0, 0.05) is 31.1 Å². The molecule has 5 nitrogen and oxygen atoms in total. The molecule has 0 aliphatic carbocycles. The molecule has 9 heteroatoms. The Labute approximate surface area is 189 Å². The van der Waals surface area contributed by atoms with Gasteiger partial charge in [0.15, 0.2) is 0 Å². The molecule has 0 radical (unpaired) electrons. The van der Waals surface area contributed by atoms with Gasteiger partial charge in [-0.1, -0.05) is 29.8 Å². The predicted octanol–water partition coefficient (Wildman–Crippen LogP) is 3.81. The van der Waals surface area contributed by atoms with Crippen molar-refractivity contribution in [3.05, 3.63) is 59.2 Å². The largest absolute Gasteiger partial charge is 0.418 e. The zero-order chi connectivity index (χ0) is 22.9. The van der Waals surface area contributed by atoms with Crippen molar-refractivity contribution in [2.24, 2.45) is 0 Å². The minimum Gasteiger partial charge on any atom is -0.339 e. The van der Waals surface area contributed by atoms with E-state index in [1.54, 1.807) is 11.8 Å². The lowest BCUT2D eigenvalue weighted by Crippen LogP contribution is -2.52. The highest BCUT2D eigenvalue weighted by Gasteiger charge is 2.35. The first kappa shape index (κ1) is 22.7. The highest BCUT2D eigenvalue weighted by molar-refractivity contribution is 8.01. The lowest BCUT2D eigenvalue weighted by atomic mass is 10.1. The van der Waals surface area contributed by atoms with E-state index in [0.717, 1.165) is 17.4 Å². The zero-order valence-electron chi connectivity index (χ0n) is 17.6. The zero-order valence-corrected chi connectivity index (χ0v) is 18.4. The van der Waals surface area contributed by atoms with Crippen LogP contribution in [0.2, 0.25) is 0 Å². The van der Waals surface area contributed by atoms with Crippen LogP contribution in [0.15, 0.2) is 47.4 Å². The molecule has 1 unspecified atom stereocenters. The molecule has 2 aliphatic heterocycles. The monoisotopic (exact) mass is 463 g/mol. The fourth-order valence-corrected chi connectivity index (χ4v) is 5.41. The van der Waals surface area contributed by atoms with Crippen LogP contribution in [0, 0.1) is 6.92 Å². The summed E-state index contributed by atoms with van der Waals surface area (Å²) in [5.74, 6) is -0.397. The van der Waals surface area contributed by atoms with Gasteiger partial charge in [-0.2, -0.15) is 13.2 Å². The number of alkyl halides is 3. The van der Waals surface area contributed by atoms with Gasteiger partial charge >= 0.3 is 6.18 Å². The molecule has 2 aliphatic rings.